The molecule has 0 aromatic heterocycles. The molecule has 0 aliphatic heterocycles. The van der Waals surface area contributed by atoms with Gasteiger partial charge in [-0.15, -0.1) is 0 Å². The molecule has 0 aliphatic rings. The minimum Gasteiger partial charge on any atom is -0.396 e. The van der Waals surface area contributed by atoms with Crippen molar-refractivity contribution in [3.05, 3.63) is 37.1 Å². The third-order valence-corrected chi connectivity index (χ3v) is 2.18. The number of nitrogens with zero attached hydrogens (tertiary/aromatic N) is 1. The summed E-state index contributed by atoms with van der Waals surface area (Å²) >= 11 is 0. The van der Waals surface area contributed by atoms with Crippen molar-refractivity contribution in [2.24, 2.45) is 0 Å². The molecule has 86 valence electrons. The molecule has 0 aliphatic carbocycles. The van der Waals surface area contributed by atoms with E-state index in [1.165, 1.54) is 0 Å². The molecule has 3 heteroatoms. The first-order valence-corrected chi connectivity index (χ1v) is 4.98. The maximum absolute atomic E-state index is 8.81. The third-order valence-electron chi connectivity index (χ3n) is 2.18. The van der Waals surface area contributed by atoms with E-state index in [1.807, 2.05) is 24.1 Å². The third kappa shape index (κ3) is 6.10. The molecular weight excluding hydrogens is 190 g/mol. The van der Waals surface area contributed by atoms with Crippen LogP contribution in [0.4, 0.5) is 0 Å². The average Bonchev–Trinajstić information content (AvgIpc) is 2.24. The fourth-order valence-electron chi connectivity index (χ4n) is 1.16. The largest absolute Gasteiger partial charge is 0.396 e. The van der Waals surface area contributed by atoms with E-state index in [2.05, 4.69) is 13.2 Å². The lowest BCUT2D eigenvalue weighted by molar-refractivity contribution is 0.0595. The molecule has 0 bridgehead atoms. The summed E-state index contributed by atoms with van der Waals surface area (Å²) in [4.78, 5) is 1.99. The van der Waals surface area contributed by atoms with Crippen LogP contribution in [-0.4, -0.2) is 43.4 Å². The Hall–Kier alpha value is -1.06. The Morgan fingerprint density at radius 1 is 1.60 bits per heavy atom. The Morgan fingerprint density at radius 3 is 2.73 bits per heavy atom. The van der Waals surface area contributed by atoms with Gasteiger partial charge in [0.2, 0.25) is 0 Å². The van der Waals surface area contributed by atoms with Gasteiger partial charge in [-0.05, 0) is 12.5 Å². The fourth-order valence-corrected chi connectivity index (χ4v) is 1.16. The van der Waals surface area contributed by atoms with Crippen LogP contribution in [0.3, 0.4) is 0 Å². The molecule has 0 fully saturated rings. The molecular formula is C12H21NO2. The second kappa shape index (κ2) is 8.26. The molecule has 0 aromatic carbocycles. The van der Waals surface area contributed by atoms with Crippen LogP contribution >= 0.6 is 0 Å². The zero-order chi connectivity index (χ0) is 11.7. The van der Waals surface area contributed by atoms with E-state index in [1.54, 1.807) is 13.2 Å². The molecule has 0 aromatic rings. The van der Waals surface area contributed by atoms with Gasteiger partial charge in [0.1, 0.15) is 0 Å². The summed E-state index contributed by atoms with van der Waals surface area (Å²) in [5, 5.41) is 8.81. The molecule has 0 spiro atoms. The van der Waals surface area contributed by atoms with Crippen molar-refractivity contribution < 1.29 is 9.84 Å². The maximum atomic E-state index is 8.81. The van der Waals surface area contributed by atoms with Gasteiger partial charge in [0, 0.05) is 33.0 Å². The zero-order valence-corrected chi connectivity index (χ0v) is 9.65. The summed E-state index contributed by atoms with van der Waals surface area (Å²) in [6.45, 7) is 8.37. The zero-order valence-electron chi connectivity index (χ0n) is 9.65. The number of aliphatic hydroxyl groups excluding tert-OH is 1. The number of hydrogen-bond acceptors (Lipinski definition) is 3. The van der Waals surface area contributed by atoms with Crippen molar-refractivity contribution >= 4 is 0 Å². The molecule has 3 nitrogen and oxygen atoms in total. The predicted molar refractivity (Wildman–Crippen MR) is 63.6 cm³/mol. The molecule has 0 amide bonds. The summed E-state index contributed by atoms with van der Waals surface area (Å²) in [6.07, 6.45) is 6.11. The van der Waals surface area contributed by atoms with Gasteiger partial charge < -0.3 is 14.7 Å². The van der Waals surface area contributed by atoms with E-state index in [0.29, 0.717) is 6.42 Å². The molecule has 1 N–H and O–H groups in total. The fraction of sp³-hybridized carbons (Fsp3) is 0.500. The summed E-state index contributed by atoms with van der Waals surface area (Å²) in [5.74, 6) is 0. The van der Waals surface area contributed by atoms with Crippen molar-refractivity contribution in [3.63, 3.8) is 0 Å². The van der Waals surface area contributed by atoms with Gasteiger partial charge in [0.25, 0.3) is 0 Å². The monoisotopic (exact) mass is 211 g/mol. The highest BCUT2D eigenvalue weighted by molar-refractivity contribution is 5.16. The number of ether oxygens (including phenoxy) is 1. The second-order valence-electron chi connectivity index (χ2n) is 3.34. The van der Waals surface area contributed by atoms with Crippen LogP contribution in [0.2, 0.25) is 0 Å². The first-order chi connectivity index (χ1) is 7.15. The molecule has 1 unspecified atom stereocenters. The minimum atomic E-state index is 0.0360. The van der Waals surface area contributed by atoms with Gasteiger partial charge >= 0.3 is 0 Å². The number of aliphatic hydroxyl groups is 1. The van der Waals surface area contributed by atoms with E-state index in [9.17, 15) is 0 Å². The van der Waals surface area contributed by atoms with E-state index in [0.717, 1.165) is 12.2 Å². The Labute approximate surface area is 92.4 Å². The smallest absolute Gasteiger partial charge is 0.0767 e. The Bertz CT molecular complexity index is 224. The number of methoxy groups -OCH3 is 1. The lowest BCUT2D eigenvalue weighted by atomic mass is 10.2. The van der Waals surface area contributed by atoms with Crippen LogP contribution < -0.4 is 0 Å². The quantitative estimate of drug-likeness (QED) is 0.619. The number of likely N-dealkylation sites (N-methyl/N-ethyl adjacent to an activating group) is 1. The van der Waals surface area contributed by atoms with E-state index in [4.69, 9.17) is 9.84 Å². The normalized spacial score (nSPS) is 12.7. The van der Waals surface area contributed by atoms with E-state index < -0.39 is 0 Å². The number of hydrogen-bond donors (Lipinski definition) is 1. The molecule has 0 saturated carbocycles. The average molecular weight is 211 g/mol. The molecule has 15 heavy (non-hydrogen) atoms. The van der Waals surface area contributed by atoms with Crippen LogP contribution in [0.25, 0.3) is 0 Å². The van der Waals surface area contributed by atoms with E-state index >= 15 is 0 Å². The first kappa shape index (κ1) is 13.9. The standard InChI is InChI=1S/C12H21NO2/c1-5-6-7-11(2)13(3)10-12(15-4)8-9-14/h5-7,12,14H,1-2,8-10H2,3-4H3/b7-6-. The summed E-state index contributed by atoms with van der Waals surface area (Å²) in [7, 11) is 3.59. The van der Waals surface area contributed by atoms with Crippen molar-refractivity contribution in [2.75, 3.05) is 27.3 Å². The molecule has 0 saturated heterocycles. The highest BCUT2D eigenvalue weighted by Gasteiger charge is 2.09. The second-order valence-corrected chi connectivity index (χ2v) is 3.34. The van der Waals surface area contributed by atoms with Crippen LogP contribution in [0.1, 0.15) is 6.42 Å². The van der Waals surface area contributed by atoms with Gasteiger partial charge in [0.15, 0.2) is 0 Å². The van der Waals surface area contributed by atoms with E-state index in [-0.39, 0.29) is 12.7 Å². The highest BCUT2D eigenvalue weighted by Crippen LogP contribution is 2.05. The molecule has 1 atom stereocenters. The van der Waals surface area contributed by atoms with Gasteiger partial charge in [-0.25, -0.2) is 0 Å². The topological polar surface area (TPSA) is 32.7 Å². The minimum absolute atomic E-state index is 0.0360. The molecule has 0 rings (SSSR count). The van der Waals surface area contributed by atoms with Crippen LogP contribution in [0, 0.1) is 0 Å². The SMILES string of the molecule is C=C/C=C\C(=C)N(C)CC(CCO)OC. The maximum Gasteiger partial charge on any atom is 0.0767 e. The van der Waals surface area contributed by atoms with Crippen LogP contribution in [0.15, 0.2) is 37.1 Å². The number of rotatable bonds is 8. The predicted octanol–water partition coefficient (Wildman–Crippen LogP) is 1.57. The van der Waals surface area contributed by atoms with Crippen LogP contribution in [-0.2, 0) is 4.74 Å². The number of allylic oxidation sites excluding steroid dienone is 3. The van der Waals surface area contributed by atoms with Crippen molar-refractivity contribution in [3.8, 4) is 0 Å². The first-order valence-electron chi connectivity index (χ1n) is 4.98. The van der Waals surface area contributed by atoms with Crippen molar-refractivity contribution in [1.29, 1.82) is 0 Å². The van der Waals surface area contributed by atoms with Gasteiger partial charge in [-0.1, -0.05) is 25.3 Å². The Morgan fingerprint density at radius 2 is 2.27 bits per heavy atom. The van der Waals surface area contributed by atoms with Crippen molar-refractivity contribution in [2.45, 2.75) is 12.5 Å². The Balaban J connectivity index is 4.08. The van der Waals surface area contributed by atoms with Crippen LogP contribution in [0.5, 0.6) is 0 Å². The lowest BCUT2D eigenvalue weighted by Crippen LogP contribution is -2.30. The van der Waals surface area contributed by atoms with Gasteiger partial charge in [0.05, 0.1) is 6.10 Å². The molecule has 0 radical (unpaired) electrons. The summed E-state index contributed by atoms with van der Waals surface area (Å²) in [6, 6.07) is 0. The summed E-state index contributed by atoms with van der Waals surface area (Å²) < 4.78 is 5.23. The lowest BCUT2D eigenvalue weighted by Gasteiger charge is -2.24. The van der Waals surface area contributed by atoms with Crippen molar-refractivity contribution in [1.82, 2.24) is 4.90 Å². The highest BCUT2D eigenvalue weighted by atomic mass is 16.5. The molecule has 0 heterocycles. The van der Waals surface area contributed by atoms with Gasteiger partial charge in [-0.2, -0.15) is 0 Å². The Kier molecular flexibility index (Phi) is 7.68. The van der Waals surface area contributed by atoms with Gasteiger partial charge in [-0.3, -0.25) is 0 Å². The summed E-state index contributed by atoms with van der Waals surface area (Å²) in [5.41, 5.74) is 0.898.